The Morgan fingerprint density at radius 3 is 1.44 bits per heavy atom. The lowest BCUT2D eigenvalue weighted by Gasteiger charge is -2.55. The molecule has 8 heteroatoms. The van der Waals surface area contributed by atoms with Gasteiger partial charge in [0.25, 0.3) is 0 Å². The summed E-state index contributed by atoms with van der Waals surface area (Å²) in [5.41, 5.74) is -2.44. The number of ketones is 1. The summed E-state index contributed by atoms with van der Waals surface area (Å²) in [7, 11) is 0. The average molecular weight is 643 g/mol. The van der Waals surface area contributed by atoms with Crippen LogP contribution in [0, 0.1) is 5.41 Å². The summed E-state index contributed by atoms with van der Waals surface area (Å²) in [5, 5.41) is 11.6. The number of rotatable bonds is 31. The number of ether oxygens (including phenoxy) is 6. The van der Waals surface area contributed by atoms with Crippen molar-refractivity contribution in [2.75, 3.05) is 72.7 Å². The third-order valence-corrected chi connectivity index (χ3v) is 9.13. The summed E-state index contributed by atoms with van der Waals surface area (Å²) >= 11 is 0. The topological polar surface area (TPSA) is 92.7 Å². The van der Waals surface area contributed by atoms with E-state index < -0.39 is 16.6 Å². The van der Waals surface area contributed by atoms with E-state index in [1.165, 1.54) is 83.6 Å². The number of carbonyl (C=O) groups is 1. The predicted octanol–water partition coefficient (Wildman–Crippen LogP) is 7.63. The molecule has 2 atom stereocenters. The van der Waals surface area contributed by atoms with Gasteiger partial charge in [0, 0.05) is 6.61 Å². The highest BCUT2D eigenvalue weighted by molar-refractivity contribution is 5.87. The molecule has 0 radical (unpaired) electrons. The van der Waals surface area contributed by atoms with Crippen LogP contribution in [0.1, 0.15) is 131 Å². The molecule has 45 heavy (non-hydrogen) atoms. The molecule has 8 nitrogen and oxygen atoms in total. The summed E-state index contributed by atoms with van der Waals surface area (Å²) in [6.45, 7) is 15.6. The second-order valence-corrected chi connectivity index (χ2v) is 13.5. The number of carbonyl (C=O) groups excluding carboxylic acids is 1. The smallest absolute Gasteiger partial charge is 0.152 e. The van der Waals surface area contributed by atoms with Crippen LogP contribution in [0.4, 0.5) is 0 Å². The van der Waals surface area contributed by atoms with E-state index in [1.54, 1.807) is 6.08 Å². The summed E-state index contributed by atoms with van der Waals surface area (Å²) in [6, 6.07) is 0. The first-order valence-electron chi connectivity index (χ1n) is 18.1. The molecule has 1 rings (SSSR count). The van der Waals surface area contributed by atoms with Crippen LogP contribution in [0.2, 0.25) is 0 Å². The molecule has 0 spiro atoms. The van der Waals surface area contributed by atoms with Crippen molar-refractivity contribution in [1.82, 2.24) is 0 Å². The maximum atomic E-state index is 11.6. The molecule has 1 aliphatic rings. The number of hydrogen-bond donors (Lipinski definition) is 1. The van der Waals surface area contributed by atoms with Gasteiger partial charge in [-0.3, -0.25) is 4.79 Å². The molecule has 1 aliphatic carbocycles. The first kappa shape index (κ1) is 42.2. The van der Waals surface area contributed by atoms with E-state index in [2.05, 4.69) is 6.92 Å². The maximum absolute atomic E-state index is 11.6. The lowest BCUT2D eigenvalue weighted by atomic mass is 9.58. The van der Waals surface area contributed by atoms with Gasteiger partial charge in [-0.15, -0.1) is 0 Å². The minimum Gasteiger partial charge on any atom is -0.382 e. The van der Waals surface area contributed by atoms with Gasteiger partial charge in [0.1, 0.15) is 5.60 Å². The Kier molecular flexibility index (Phi) is 24.5. The van der Waals surface area contributed by atoms with Crippen molar-refractivity contribution in [3.05, 3.63) is 12.2 Å². The summed E-state index contributed by atoms with van der Waals surface area (Å²) < 4.78 is 34.2. The quantitative estimate of drug-likeness (QED) is 0.0610. The fourth-order valence-electron chi connectivity index (χ4n) is 6.14. The standard InChI is InChI=1S/C37H70O8/c1-6-7-8-9-10-11-12-13-14-15-16-17-23-40-24-25-41-26-27-42-28-29-43-30-31-44-32-33-45-36(5)21-18-20-35(3,4)37(36,39)22-19-34(2)38/h19,22,39H,6-18,20-21,23-33H2,1-5H3/b22-19+. The Morgan fingerprint density at radius 1 is 0.600 bits per heavy atom. The monoisotopic (exact) mass is 643 g/mol. The van der Waals surface area contributed by atoms with Crippen LogP contribution in [-0.2, 0) is 33.2 Å². The highest BCUT2D eigenvalue weighted by Crippen LogP contribution is 2.51. The van der Waals surface area contributed by atoms with Crippen molar-refractivity contribution in [1.29, 1.82) is 0 Å². The van der Waals surface area contributed by atoms with Crippen LogP contribution >= 0.6 is 0 Å². The van der Waals surface area contributed by atoms with Crippen molar-refractivity contribution in [3.8, 4) is 0 Å². The maximum Gasteiger partial charge on any atom is 0.152 e. The molecule has 2 unspecified atom stereocenters. The predicted molar refractivity (Wildman–Crippen MR) is 182 cm³/mol. The molecule has 0 aliphatic heterocycles. The zero-order valence-corrected chi connectivity index (χ0v) is 29.8. The molecule has 0 amide bonds. The lowest BCUT2D eigenvalue weighted by Crippen LogP contribution is -2.63. The van der Waals surface area contributed by atoms with Gasteiger partial charge >= 0.3 is 0 Å². The van der Waals surface area contributed by atoms with E-state index in [0.717, 1.165) is 32.3 Å². The molecule has 1 fully saturated rings. The van der Waals surface area contributed by atoms with Crippen LogP contribution in [0.25, 0.3) is 0 Å². The molecular formula is C37H70O8. The van der Waals surface area contributed by atoms with Gasteiger partial charge in [0.2, 0.25) is 0 Å². The lowest BCUT2D eigenvalue weighted by molar-refractivity contribution is -0.223. The molecule has 0 aromatic carbocycles. The van der Waals surface area contributed by atoms with Crippen LogP contribution in [-0.4, -0.2) is 94.8 Å². The van der Waals surface area contributed by atoms with E-state index >= 15 is 0 Å². The molecule has 266 valence electrons. The number of aliphatic hydroxyl groups is 1. The van der Waals surface area contributed by atoms with Crippen molar-refractivity contribution in [2.24, 2.45) is 5.41 Å². The Bertz CT molecular complexity index is 742. The van der Waals surface area contributed by atoms with Gasteiger partial charge in [-0.25, -0.2) is 0 Å². The first-order chi connectivity index (χ1) is 21.7. The number of hydrogen-bond acceptors (Lipinski definition) is 8. The van der Waals surface area contributed by atoms with Crippen LogP contribution in [0.5, 0.6) is 0 Å². The van der Waals surface area contributed by atoms with E-state index in [0.29, 0.717) is 66.1 Å². The van der Waals surface area contributed by atoms with Gasteiger partial charge in [0.15, 0.2) is 5.78 Å². The highest BCUT2D eigenvalue weighted by Gasteiger charge is 2.57. The van der Waals surface area contributed by atoms with Crippen LogP contribution in [0.3, 0.4) is 0 Å². The normalized spacial score (nSPS) is 21.6. The minimum absolute atomic E-state index is 0.0881. The molecule has 0 heterocycles. The number of allylic oxidation sites excluding steroid dienone is 1. The molecular weight excluding hydrogens is 572 g/mol. The number of unbranched alkanes of at least 4 members (excludes halogenated alkanes) is 11. The van der Waals surface area contributed by atoms with E-state index in [-0.39, 0.29) is 5.78 Å². The average Bonchev–Trinajstić information content (AvgIpc) is 3.00. The SMILES string of the molecule is CCCCCCCCCCCCCCOCCOCCOCCOCCOCCOC1(C)CCCC(C)(C)C1(O)/C=C/C(C)=O. The van der Waals surface area contributed by atoms with Gasteiger partial charge in [0.05, 0.1) is 71.7 Å². The molecule has 0 aromatic heterocycles. The molecule has 0 saturated heterocycles. The van der Waals surface area contributed by atoms with Gasteiger partial charge in [-0.05, 0) is 57.1 Å². The molecule has 0 bridgehead atoms. The first-order valence-corrected chi connectivity index (χ1v) is 18.1. The summed E-state index contributed by atoms with van der Waals surface area (Å²) in [6.07, 6.45) is 21.9. The second kappa shape index (κ2) is 26.1. The molecule has 1 saturated carbocycles. The van der Waals surface area contributed by atoms with E-state index in [9.17, 15) is 9.90 Å². The van der Waals surface area contributed by atoms with E-state index in [4.69, 9.17) is 28.4 Å². The van der Waals surface area contributed by atoms with E-state index in [1.807, 2.05) is 20.8 Å². The van der Waals surface area contributed by atoms with Gasteiger partial charge < -0.3 is 33.5 Å². The van der Waals surface area contributed by atoms with Crippen molar-refractivity contribution >= 4 is 5.78 Å². The highest BCUT2D eigenvalue weighted by atomic mass is 16.6. The third kappa shape index (κ3) is 18.9. The fourth-order valence-corrected chi connectivity index (χ4v) is 6.14. The van der Waals surface area contributed by atoms with Crippen molar-refractivity contribution in [3.63, 3.8) is 0 Å². The minimum atomic E-state index is -1.24. The zero-order valence-electron chi connectivity index (χ0n) is 29.8. The Labute approximate surface area is 276 Å². The molecule has 1 N–H and O–H groups in total. The van der Waals surface area contributed by atoms with Crippen LogP contribution in [0.15, 0.2) is 12.2 Å². The Hall–Kier alpha value is -0.870. The summed E-state index contributed by atoms with van der Waals surface area (Å²) in [4.78, 5) is 11.6. The Morgan fingerprint density at radius 2 is 1.00 bits per heavy atom. The van der Waals surface area contributed by atoms with Gasteiger partial charge in [-0.1, -0.05) is 91.4 Å². The Balaban J connectivity index is 1.87. The van der Waals surface area contributed by atoms with Crippen molar-refractivity contribution < 1.29 is 38.3 Å². The second-order valence-electron chi connectivity index (χ2n) is 13.5. The zero-order chi connectivity index (χ0) is 33.1. The molecule has 0 aromatic rings. The summed E-state index contributed by atoms with van der Waals surface area (Å²) in [5.74, 6) is -0.0881. The fraction of sp³-hybridized carbons (Fsp3) is 0.919. The third-order valence-electron chi connectivity index (χ3n) is 9.13. The van der Waals surface area contributed by atoms with Gasteiger partial charge in [-0.2, -0.15) is 0 Å². The largest absolute Gasteiger partial charge is 0.382 e. The van der Waals surface area contributed by atoms with Crippen LogP contribution < -0.4 is 0 Å². The van der Waals surface area contributed by atoms with Crippen molar-refractivity contribution in [2.45, 2.75) is 142 Å².